The molecule has 0 aliphatic carbocycles. The summed E-state index contributed by atoms with van der Waals surface area (Å²) in [6, 6.07) is 3.68. The third-order valence-corrected chi connectivity index (χ3v) is 4.35. The fraction of sp³-hybridized carbons (Fsp3) is 0.684. The summed E-state index contributed by atoms with van der Waals surface area (Å²) in [5.74, 6) is 0.583. The molecule has 0 aromatic carbocycles. The molecule has 0 N–H and O–H groups in total. The number of nitrogens with zero attached hydrogens (tertiary/aromatic N) is 2. The maximum Gasteiger partial charge on any atom is 0.242 e. The number of hydrogen-bond acceptors (Lipinski definition) is 4. The first-order valence-electron chi connectivity index (χ1n) is 9.21. The quantitative estimate of drug-likeness (QED) is 0.687. The van der Waals surface area contributed by atoms with Crippen molar-refractivity contribution in [1.82, 2.24) is 9.80 Å². The third-order valence-electron chi connectivity index (χ3n) is 4.35. The molecule has 6 nitrogen and oxygen atoms in total. The van der Waals surface area contributed by atoms with E-state index in [9.17, 15) is 9.59 Å². The van der Waals surface area contributed by atoms with Crippen molar-refractivity contribution in [2.75, 3.05) is 26.2 Å². The van der Waals surface area contributed by atoms with E-state index in [0.29, 0.717) is 19.6 Å². The molecule has 0 saturated carbocycles. The second-order valence-corrected chi connectivity index (χ2v) is 6.90. The Kier molecular flexibility index (Phi) is 7.50. The van der Waals surface area contributed by atoms with Crippen molar-refractivity contribution in [3.8, 4) is 0 Å². The van der Waals surface area contributed by atoms with E-state index in [1.807, 2.05) is 32.9 Å². The molecule has 1 fully saturated rings. The van der Waals surface area contributed by atoms with E-state index in [1.165, 1.54) is 0 Å². The Balaban J connectivity index is 2.04. The number of carbonyl (C=O) groups excluding carboxylic acids is 2. The van der Waals surface area contributed by atoms with Gasteiger partial charge in [-0.15, -0.1) is 0 Å². The van der Waals surface area contributed by atoms with E-state index in [0.717, 1.165) is 31.6 Å². The molecule has 1 aliphatic rings. The van der Waals surface area contributed by atoms with Crippen molar-refractivity contribution < 1.29 is 18.7 Å². The second-order valence-electron chi connectivity index (χ2n) is 6.90. The fourth-order valence-electron chi connectivity index (χ4n) is 3.04. The Bertz CT molecular complexity index is 536. The van der Waals surface area contributed by atoms with Gasteiger partial charge in [0.2, 0.25) is 11.8 Å². The molecule has 2 rings (SSSR count). The van der Waals surface area contributed by atoms with Gasteiger partial charge in [0.15, 0.2) is 0 Å². The van der Waals surface area contributed by atoms with Crippen LogP contribution >= 0.6 is 0 Å². The lowest BCUT2D eigenvalue weighted by molar-refractivity contribution is -0.143. The minimum atomic E-state index is -0.115. The van der Waals surface area contributed by atoms with Crippen molar-refractivity contribution in [1.29, 1.82) is 0 Å². The number of amides is 2. The van der Waals surface area contributed by atoms with Crippen LogP contribution in [0.5, 0.6) is 0 Å². The van der Waals surface area contributed by atoms with Crippen LogP contribution in [-0.4, -0.2) is 54.0 Å². The number of rotatable bonds is 9. The average Bonchev–Trinajstić information content (AvgIpc) is 3.26. The predicted octanol–water partition coefficient (Wildman–Crippen LogP) is 2.68. The van der Waals surface area contributed by atoms with Gasteiger partial charge in [-0.2, -0.15) is 0 Å². The van der Waals surface area contributed by atoms with E-state index in [-0.39, 0.29) is 30.4 Å². The SMILES string of the molecule is CCCN(CC(=O)N(Cc1ccco1)C[C@H]1CCCO1)C(=O)C(C)C. The van der Waals surface area contributed by atoms with Gasteiger partial charge < -0.3 is 19.0 Å². The number of hydrogen-bond donors (Lipinski definition) is 0. The summed E-state index contributed by atoms with van der Waals surface area (Å²) in [5.41, 5.74) is 0. The highest BCUT2D eigenvalue weighted by Gasteiger charge is 2.26. The monoisotopic (exact) mass is 350 g/mol. The van der Waals surface area contributed by atoms with Gasteiger partial charge in [-0.05, 0) is 31.4 Å². The standard InChI is InChI=1S/C19H30N2O4/c1-4-9-20(19(23)15(2)3)14-18(22)21(12-16-7-5-10-24-16)13-17-8-6-11-25-17/h5,7,10,15,17H,4,6,8-9,11-14H2,1-3H3/t17-/m1/s1. The molecular formula is C19H30N2O4. The molecule has 25 heavy (non-hydrogen) atoms. The molecule has 2 amide bonds. The van der Waals surface area contributed by atoms with Crippen LogP contribution in [0, 0.1) is 5.92 Å². The van der Waals surface area contributed by atoms with Crippen molar-refractivity contribution in [3.05, 3.63) is 24.2 Å². The lowest BCUT2D eigenvalue weighted by atomic mass is 10.1. The van der Waals surface area contributed by atoms with Crippen LogP contribution < -0.4 is 0 Å². The van der Waals surface area contributed by atoms with Crippen molar-refractivity contribution in [3.63, 3.8) is 0 Å². The van der Waals surface area contributed by atoms with Crippen LogP contribution in [0.15, 0.2) is 22.8 Å². The summed E-state index contributed by atoms with van der Waals surface area (Å²) in [7, 11) is 0. The maximum atomic E-state index is 12.9. The van der Waals surface area contributed by atoms with Crippen LogP contribution in [0.4, 0.5) is 0 Å². The Morgan fingerprint density at radius 2 is 2.12 bits per heavy atom. The first kappa shape index (κ1) is 19.5. The van der Waals surface area contributed by atoms with Gasteiger partial charge in [0, 0.05) is 25.6 Å². The minimum absolute atomic E-state index is 0.0188. The first-order chi connectivity index (χ1) is 12.0. The Morgan fingerprint density at radius 3 is 2.68 bits per heavy atom. The highest BCUT2D eigenvalue weighted by molar-refractivity contribution is 5.85. The zero-order valence-electron chi connectivity index (χ0n) is 15.6. The van der Waals surface area contributed by atoms with E-state index in [4.69, 9.17) is 9.15 Å². The van der Waals surface area contributed by atoms with Crippen molar-refractivity contribution in [2.24, 2.45) is 5.92 Å². The highest BCUT2D eigenvalue weighted by Crippen LogP contribution is 2.16. The molecule has 1 saturated heterocycles. The van der Waals surface area contributed by atoms with Gasteiger partial charge >= 0.3 is 0 Å². The Hall–Kier alpha value is -1.82. The predicted molar refractivity (Wildman–Crippen MR) is 94.8 cm³/mol. The lowest BCUT2D eigenvalue weighted by Gasteiger charge is -2.29. The Morgan fingerprint density at radius 1 is 1.32 bits per heavy atom. The van der Waals surface area contributed by atoms with Crippen molar-refractivity contribution >= 4 is 11.8 Å². The van der Waals surface area contributed by atoms with E-state index in [2.05, 4.69) is 0 Å². The first-order valence-corrected chi connectivity index (χ1v) is 9.21. The van der Waals surface area contributed by atoms with Crippen LogP contribution in [0.25, 0.3) is 0 Å². The molecule has 0 unspecified atom stereocenters. The average molecular weight is 350 g/mol. The summed E-state index contributed by atoms with van der Waals surface area (Å²) in [6.07, 6.45) is 4.50. The molecule has 0 spiro atoms. The molecule has 2 heterocycles. The van der Waals surface area contributed by atoms with Gasteiger partial charge in [-0.3, -0.25) is 9.59 Å². The third kappa shape index (κ3) is 5.88. The molecule has 0 bridgehead atoms. The molecular weight excluding hydrogens is 320 g/mol. The van der Waals surface area contributed by atoms with Gasteiger partial charge in [0.05, 0.1) is 25.5 Å². The van der Waals surface area contributed by atoms with E-state index >= 15 is 0 Å². The van der Waals surface area contributed by atoms with Gasteiger partial charge in [-0.1, -0.05) is 20.8 Å². The fourth-order valence-corrected chi connectivity index (χ4v) is 3.04. The summed E-state index contributed by atoms with van der Waals surface area (Å²) in [4.78, 5) is 28.7. The lowest BCUT2D eigenvalue weighted by Crippen LogP contribution is -2.46. The molecule has 140 valence electrons. The summed E-state index contributed by atoms with van der Waals surface area (Å²) in [5, 5.41) is 0. The van der Waals surface area contributed by atoms with E-state index in [1.54, 1.807) is 16.1 Å². The van der Waals surface area contributed by atoms with Crippen LogP contribution in [0.1, 0.15) is 45.8 Å². The summed E-state index contributed by atoms with van der Waals surface area (Å²) < 4.78 is 11.1. The molecule has 1 aromatic heterocycles. The molecule has 6 heteroatoms. The largest absolute Gasteiger partial charge is 0.467 e. The maximum absolute atomic E-state index is 12.9. The Labute approximate surface area is 150 Å². The highest BCUT2D eigenvalue weighted by atomic mass is 16.5. The van der Waals surface area contributed by atoms with Crippen LogP contribution in [0.3, 0.4) is 0 Å². The normalized spacial score (nSPS) is 17.0. The molecule has 1 atom stereocenters. The second kappa shape index (κ2) is 9.61. The number of ether oxygens (including phenoxy) is 1. The summed E-state index contributed by atoms with van der Waals surface area (Å²) >= 11 is 0. The van der Waals surface area contributed by atoms with E-state index < -0.39 is 0 Å². The van der Waals surface area contributed by atoms with Crippen LogP contribution in [-0.2, 0) is 20.9 Å². The zero-order chi connectivity index (χ0) is 18.2. The molecule has 1 aliphatic heterocycles. The topological polar surface area (TPSA) is 63.0 Å². The van der Waals surface area contributed by atoms with Crippen LogP contribution in [0.2, 0.25) is 0 Å². The van der Waals surface area contributed by atoms with Crippen molar-refractivity contribution in [2.45, 2.75) is 52.7 Å². The van der Waals surface area contributed by atoms with Gasteiger partial charge in [-0.25, -0.2) is 0 Å². The minimum Gasteiger partial charge on any atom is -0.467 e. The number of furan rings is 1. The summed E-state index contributed by atoms with van der Waals surface area (Å²) in [6.45, 7) is 8.14. The molecule has 0 radical (unpaired) electrons. The molecule has 1 aromatic rings. The van der Waals surface area contributed by atoms with Gasteiger partial charge in [0.1, 0.15) is 5.76 Å². The number of carbonyl (C=O) groups is 2. The zero-order valence-corrected chi connectivity index (χ0v) is 15.6. The van der Waals surface area contributed by atoms with Gasteiger partial charge in [0.25, 0.3) is 0 Å². The smallest absolute Gasteiger partial charge is 0.242 e.